The number of nitrogens with zero attached hydrogens (tertiary/aromatic N) is 3. The summed E-state index contributed by atoms with van der Waals surface area (Å²) in [4.78, 5) is 32.3. The lowest BCUT2D eigenvalue weighted by Gasteiger charge is -2.12. The number of benzene rings is 2. The predicted molar refractivity (Wildman–Crippen MR) is 118 cm³/mol. The normalized spacial score (nSPS) is 12.1. The Balaban J connectivity index is 1.51. The summed E-state index contributed by atoms with van der Waals surface area (Å²) in [7, 11) is 0. The number of aromatic nitrogens is 4. The van der Waals surface area contributed by atoms with E-state index in [-0.39, 0.29) is 11.5 Å². The van der Waals surface area contributed by atoms with Crippen LogP contribution >= 0.6 is 11.8 Å². The van der Waals surface area contributed by atoms with Crippen molar-refractivity contribution < 1.29 is 4.79 Å². The SMILES string of the molecule is Cc1ccc(CNC(=O)C(C)Sc2nc3c(cnn3-c3ccccc3)c(=O)[nH]2)cc1. The number of thioether (sulfide) groups is 1. The van der Waals surface area contributed by atoms with Gasteiger partial charge in [-0.2, -0.15) is 5.10 Å². The maximum absolute atomic E-state index is 12.5. The number of hydrogen-bond donors (Lipinski definition) is 2. The van der Waals surface area contributed by atoms with Crippen LogP contribution in [0.2, 0.25) is 0 Å². The van der Waals surface area contributed by atoms with Crippen molar-refractivity contribution in [1.82, 2.24) is 25.1 Å². The van der Waals surface area contributed by atoms with Crippen molar-refractivity contribution in [2.45, 2.75) is 30.8 Å². The quantitative estimate of drug-likeness (QED) is 0.370. The maximum atomic E-state index is 12.5. The van der Waals surface area contributed by atoms with Crippen molar-refractivity contribution in [2.75, 3.05) is 0 Å². The number of carbonyl (C=O) groups excluding carboxylic acids is 1. The highest BCUT2D eigenvalue weighted by molar-refractivity contribution is 8.00. The summed E-state index contributed by atoms with van der Waals surface area (Å²) in [5, 5.41) is 7.58. The van der Waals surface area contributed by atoms with E-state index in [2.05, 4.69) is 20.4 Å². The minimum absolute atomic E-state index is 0.125. The molecule has 4 aromatic rings. The highest BCUT2D eigenvalue weighted by atomic mass is 32.2. The van der Waals surface area contributed by atoms with Crippen LogP contribution in [-0.2, 0) is 11.3 Å². The third-order valence-electron chi connectivity index (χ3n) is 4.66. The first-order valence-electron chi connectivity index (χ1n) is 9.54. The van der Waals surface area contributed by atoms with Crippen LogP contribution in [-0.4, -0.2) is 30.9 Å². The van der Waals surface area contributed by atoms with Gasteiger partial charge < -0.3 is 10.3 Å². The molecule has 0 bridgehead atoms. The van der Waals surface area contributed by atoms with E-state index in [0.717, 1.165) is 11.3 Å². The summed E-state index contributed by atoms with van der Waals surface area (Å²) in [6.07, 6.45) is 1.50. The Bertz CT molecular complexity index is 1230. The molecule has 0 aliphatic heterocycles. The molecule has 1 atom stereocenters. The van der Waals surface area contributed by atoms with E-state index < -0.39 is 5.25 Å². The number of aromatic amines is 1. The monoisotopic (exact) mass is 419 g/mol. The number of hydrogen-bond acceptors (Lipinski definition) is 5. The molecule has 0 saturated heterocycles. The summed E-state index contributed by atoms with van der Waals surface area (Å²) < 4.78 is 1.62. The van der Waals surface area contributed by atoms with Crippen LogP contribution in [0.25, 0.3) is 16.7 Å². The largest absolute Gasteiger partial charge is 0.351 e. The highest BCUT2D eigenvalue weighted by Gasteiger charge is 2.18. The molecule has 8 heteroatoms. The number of rotatable bonds is 6. The summed E-state index contributed by atoms with van der Waals surface area (Å²) in [5.74, 6) is -0.125. The van der Waals surface area contributed by atoms with E-state index in [9.17, 15) is 9.59 Å². The summed E-state index contributed by atoms with van der Waals surface area (Å²) >= 11 is 1.21. The fraction of sp³-hybridized carbons (Fsp3) is 0.182. The van der Waals surface area contributed by atoms with E-state index in [1.807, 2.05) is 61.5 Å². The van der Waals surface area contributed by atoms with Crippen molar-refractivity contribution in [2.24, 2.45) is 0 Å². The summed E-state index contributed by atoms with van der Waals surface area (Å²) in [5.41, 5.74) is 3.20. The topological polar surface area (TPSA) is 92.7 Å². The second-order valence-corrected chi connectivity index (χ2v) is 8.29. The zero-order valence-electron chi connectivity index (χ0n) is 16.6. The molecule has 2 aromatic carbocycles. The van der Waals surface area contributed by atoms with Gasteiger partial charge >= 0.3 is 0 Å². The average Bonchev–Trinajstić information content (AvgIpc) is 3.18. The van der Waals surface area contributed by atoms with E-state index in [1.54, 1.807) is 11.6 Å². The smallest absolute Gasteiger partial charge is 0.262 e. The van der Waals surface area contributed by atoms with Gasteiger partial charge in [-0.15, -0.1) is 0 Å². The fourth-order valence-electron chi connectivity index (χ4n) is 2.97. The Morgan fingerprint density at radius 2 is 1.90 bits per heavy atom. The first kappa shape index (κ1) is 19.9. The van der Waals surface area contributed by atoms with Crippen LogP contribution in [0.5, 0.6) is 0 Å². The van der Waals surface area contributed by atoms with Gasteiger partial charge in [-0.05, 0) is 31.5 Å². The van der Waals surface area contributed by atoms with E-state index in [4.69, 9.17) is 0 Å². The number of fused-ring (bicyclic) bond motifs is 1. The number of aryl methyl sites for hydroxylation is 1. The molecule has 0 fully saturated rings. The van der Waals surface area contributed by atoms with Gasteiger partial charge in [0, 0.05) is 6.54 Å². The molecule has 0 aliphatic carbocycles. The molecule has 0 spiro atoms. The Kier molecular flexibility index (Phi) is 5.67. The van der Waals surface area contributed by atoms with Gasteiger partial charge in [0.05, 0.1) is 17.1 Å². The molecule has 1 unspecified atom stereocenters. The van der Waals surface area contributed by atoms with Crippen LogP contribution in [0.1, 0.15) is 18.1 Å². The molecule has 7 nitrogen and oxygen atoms in total. The average molecular weight is 420 g/mol. The Morgan fingerprint density at radius 3 is 2.63 bits per heavy atom. The molecule has 30 heavy (non-hydrogen) atoms. The molecule has 0 aliphatic rings. The number of para-hydroxylation sites is 1. The third kappa shape index (κ3) is 4.28. The number of carbonyl (C=O) groups is 1. The van der Waals surface area contributed by atoms with Gasteiger partial charge in [-0.1, -0.05) is 59.8 Å². The second kappa shape index (κ2) is 8.54. The number of nitrogens with one attached hydrogen (secondary N) is 2. The molecule has 1 amide bonds. The maximum Gasteiger partial charge on any atom is 0.262 e. The van der Waals surface area contributed by atoms with E-state index in [1.165, 1.54) is 23.5 Å². The summed E-state index contributed by atoms with van der Waals surface area (Å²) in [6, 6.07) is 17.5. The van der Waals surface area contributed by atoms with Gasteiger partial charge in [-0.25, -0.2) is 9.67 Å². The fourth-order valence-corrected chi connectivity index (χ4v) is 3.79. The lowest BCUT2D eigenvalue weighted by Crippen LogP contribution is -2.30. The third-order valence-corrected chi connectivity index (χ3v) is 5.65. The van der Waals surface area contributed by atoms with Crippen molar-refractivity contribution in [3.63, 3.8) is 0 Å². The van der Waals surface area contributed by atoms with Gasteiger partial charge in [0.2, 0.25) is 5.91 Å². The van der Waals surface area contributed by atoms with Crippen molar-refractivity contribution in [1.29, 1.82) is 0 Å². The molecule has 2 N–H and O–H groups in total. The van der Waals surface area contributed by atoms with Crippen molar-refractivity contribution >= 4 is 28.7 Å². The van der Waals surface area contributed by atoms with Gasteiger partial charge in [0.15, 0.2) is 10.8 Å². The number of H-pyrrole nitrogens is 1. The molecule has 0 radical (unpaired) electrons. The Hall–Kier alpha value is -3.39. The first-order chi connectivity index (χ1) is 14.5. The zero-order valence-corrected chi connectivity index (χ0v) is 17.4. The van der Waals surface area contributed by atoms with Gasteiger partial charge in [0.1, 0.15) is 5.39 Å². The molecule has 4 rings (SSSR count). The Morgan fingerprint density at radius 1 is 1.17 bits per heavy atom. The van der Waals surface area contributed by atoms with Gasteiger partial charge in [-0.3, -0.25) is 9.59 Å². The van der Waals surface area contributed by atoms with Crippen molar-refractivity contribution in [3.05, 3.63) is 82.3 Å². The molecule has 2 aromatic heterocycles. The van der Waals surface area contributed by atoms with Crippen LogP contribution in [0.4, 0.5) is 0 Å². The van der Waals surface area contributed by atoms with Crippen LogP contribution in [0.3, 0.4) is 0 Å². The molecule has 152 valence electrons. The van der Waals surface area contributed by atoms with E-state index >= 15 is 0 Å². The van der Waals surface area contributed by atoms with Gasteiger partial charge in [0.25, 0.3) is 5.56 Å². The molecule has 2 heterocycles. The first-order valence-corrected chi connectivity index (χ1v) is 10.4. The Labute approximate surface area is 177 Å². The standard InChI is InChI=1S/C22H21N5O2S/c1-14-8-10-16(11-9-14)12-23-20(28)15(2)30-22-25-19-18(21(29)26-22)13-24-27(19)17-6-4-3-5-7-17/h3-11,13,15H,12H2,1-2H3,(H,23,28)(H,25,26,29). The predicted octanol–water partition coefficient (Wildman–Crippen LogP) is 3.21. The zero-order chi connectivity index (χ0) is 21.1. The lowest BCUT2D eigenvalue weighted by molar-refractivity contribution is -0.120. The van der Waals surface area contributed by atoms with Crippen LogP contribution in [0, 0.1) is 6.92 Å². The molecular weight excluding hydrogens is 398 g/mol. The second-order valence-electron chi connectivity index (χ2n) is 6.96. The molecular formula is C22H21N5O2S. The van der Waals surface area contributed by atoms with E-state index in [0.29, 0.717) is 22.7 Å². The van der Waals surface area contributed by atoms with Crippen molar-refractivity contribution in [3.8, 4) is 5.69 Å². The van der Waals surface area contributed by atoms with Crippen LogP contribution in [0.15, 0.2) is 70.7 Å². The number of amides is 1. The molecule has 0 saturated carbocycles. The minimum atomic E-state index is -0.427. The lowest BCUT2D eigenvalue weighted by atomic mass is 10.1. The minimum Gasteiger partial charge on any atom is -0.351 e. The summed E-state index contributed by atoms with van der Waals surface area (Å²) in [6.45, 7) is 4.26. The highest BCUT2D eigenvalue weighted by Crippen LogP contribution is 2.21. The van der Waals surface area contributed by atoms with Crippen LogP contribution < -0.4 is 10.9 Å².